The molecule has 3 aliphatic rings. The van der Waals surface area contributed by atoms with E-state index in [4.69, 9.17) is 11.2 Å². The molecule has 6 amide bonds. The zero-order valence-corrected chi connectivity index (χ0v) is 30.0. The van der Waals surface area contributed by atoms with Crippen LogP contribution < -0.4 is 26.6 Å². The van der Waals surface area contributed by atoms with Crippen LogP contribution in [0.15, 0.2) is 12.7 Å². The molecule has 0 bridgehead atoms. The Bertz CT molecular complexity index is 1300. The van der Waals surface area contributed by atoms with Crippen LogP contribution in [0.2, 0.25) is 0 Å². The van der Waals surface area contributed by atoms with Gasteiger partial charge in [0.1, 0.15) is 18.7 Å². The van der Waals surface area contributed by atoms with E-state index in [1.165, 1.54) is 6.08 Å². The molecule has 272 valence electrons. The Hall–Kier alpha value is -4.08. The zero-order valence-electron chi connectivity index (χ0n) is 30.0. The summed E-state index contributed by atoms with van der Waals surface area (Å²) in [7, 11) is 0. The molecule has 2 aliphatic carbocycles. The van der Waals surface area contributed by atoms with Crippen molar-refractivity contribution in [2.75, 3.05) is 26.2 Å². The molecule has 0 spiro atoms. The molecule has 5 N–H and O–H groups in total. The van der Waals surface area contributed by atoms with Gasteiger partial charge in [-0.2, -0.15) is 0 Å². The minimum Gasteiger partial charge on any atom is -0.447 e. The Balaban J connectivity index is 1.84. The summed E-state index contributed by atoms with van der Waals surface area (Å²) in [4.78, 5) is 81.2. The van der Waals surface area contributed by atoms with Crippen molar-refractivity contribution in [3.8, 4) is 12.3 Å². The topological polar surface area (TPSA) is 175 Å². The van der Waals surface area contributed by atoms with Crippen molar-refractivity contribution in [1.82, 2.24) is 31.5 Å². The third-order valence-electron chi connectivity index (χ3n) is 10.3. The lowest BCUT2D eigenvalue weighted by atomic mass is 9.83. The number of urea groups is 1. The Morgan fingerprint density at radius 3 is 2.31 bits per heavy atom. The van der Waals surface area contributed by atoms with E-state index < -0.39 is 59.3 Å². The van der Waals surface area contributed by atoms with E-state index >= 15 is 0 Å². The van der Waals surface area contributed by atoms with Gasteiger partial charge < -0.3 is 36.2 Å². The second kappa shape index (κ2) is 17.0. The largest absolute Gasteiger partial charge is 0.447 e. The molecule has 1 aliphatic heterocycles. The van der Waals surface area contributed by atoms with Crippen LogP contribution in [0.3, 0.4) is 0 Å². The van der Waals surface area contributed by atoms with Gasteiger partial charge in [0, 0.05) is 26.1 Å². The summed E-state index contributed by atoms with van der Waals surface area (Å²) in [6.45, 7) is 15.9. The predicted octanol–water partition coefficient (Wildman–Crippen LogP) is 2.65. The number of hydrogen-bond donors (Lipinski definition) is 5. The van der Waals surface area contributed by atoms with Crippen LogP contribution in [0.1, 0.15) is 86.5 Å². The molecule has 0 aromatic rings. The summed E-state index contributed by atoms with van der Waals surface area (Å²) in [5, 5.41) is 13.6. The van der Waals surface area contributed by atoms with Crippen molar-refractivity contribution in [2.45, 2.75) is 111 Å². The van der Waals surface area contributed by atoms with Gasteiger partial charge in [0.15, 0.2) is 0 Å². The maximum Gasteiger partial charge on any atom is 0.407 e. The highest BCUT2D eigenvalue weighted by Gasteiger charge is 2.69. The number of terminal acetylenes is 1. The molecule has 13 heteroatoms. The van der Waals surface area contributed by atoms with Crippen LogP contribution in [0, 0.1) is 40.9 Å². The Morgan fingerprint density at radius 1 is 1.04 bits per heavy atom. The standard InChI is InChI=1S/C36H56N6O7/c1-9-12-18-24(29(43)31(45)38-19-10-2)39-30(44)28-26-23(36(26,7)8)20-42(28)32(46)27(22-16-14-13-15-17-22)41-33(47)40-25(35(4,5)6)21-49-34(48)37-11-3/h1,10,22-28H,2,11-21H2,3-8H3,(H,37,48)(H,38,45)(H,39,44)(H2,40,41,47)/t23-,24?,25+,26-,27-,28-/m0/s1. The molecule has 3 rings (SSSR count). The van der Waals surface area contributed by atoms with Crippen molar-refractivity contribution in [2.24, 2.45) is 28.6 Å². The zero-order chi connectivity index (χ0) is 36.5. The molecule has 1 heterocycles. The van der Waals surface area contributed by atoms with Crippen LogP contribution in [0.4, 0.5) is 9.59 Å². The number of Topliss-reactive ketones (excluding diaryl/α,β-unsaturated/α-hetero) is 1. The van der Waals surface area contributed by atoms with Gasteiger partial charge >= 0.3 is 12.1 Å². The molecule has 0 aromatic carbocycles. The van der Waals surface area contributed by atoms with Gasteiger partial charge in [-0.05, 0) is 54.8 Å². The molecule has 0 aromatic heterocycles. The van der Waals surface area contributed by atoms with Gasteiger partial charge in [-0.3, -0.25) is 19.2 Å². The summed E-state index contributed by atoms with van der Waals surface area (Å²) < 4.78 is 5.33. The molecule has 13 nitrogen and oxygen atoms in total. The summed E-state index contributed by atoms with van der Waals surface area (Å²) in [6.07, 6.45) is 10.9. The monoisotopic (exact) mass is 684 g/mol. The fourth-order valence-corrected chi connectivity index (χ4v) is 7.21. The fourth-order valence-electron chi connectivity index (χ4n) is 7.21. The average Bonchev–Trinajstić information content (AvgIpc) is 3.36. The van der Waals surface area contributed by atoms with E-state index in [0.29, 0.717) is 13.1 Å². The van der Waals surface area contributed by atoms with Crippen molar-refractivity contribution in [3.63, 3.8) is 0 Å². The first-order chi connectivity index (χ1) is 23.1. The van der Waals surface area contributed by atoms with Crippen molar-refractivity contribution < 1.29 is 33.5 Å². The van der Waals surface area contributed by atoms with E-state index in [-0.39, 0.29) is 55.1 Å². The van der Waals surface area contributed by atoms with Crippen LogP contribution in [0.25, 0.3) is 0 Å². The highest BCUT2D eigenvalue weighted by atomic mass is 16.5. The lowest BCUT2D eigenvalue weighted by Crippen LogP contribution is -2.61. The van der Waals surface area contributed by atoms with Crippen LogP contribution in [0.5, 0.6) is 0 Å². The molecule has 1 unspecified atom stereocenters. The van der Waals surface area contributed by atoms with Crippen LogP contribution in [-0.2, 0) is 23.9 Å². The number of carbonyl (C=O) groups is 6. The summed E-state index contributed by atoms with van der Waals surface area (Å²) in [6, 6.07) is -4.09. The third-order valence-corrected chi connectivity index (χ3v) is 10.3. The first-order valence-corrected chi connectivity index (χ1v) is 17.5. The minimum atomic E-state index is -1.17. The number of nitrogens with zero attached hydrogens (tertiary/aromatic N) is 1. The predicted molar refractivity (Wildman–Crippen MR) is 185 cm³/mol. The average molecular weight is 685 g/mol. The molecule has 0 radical (unpaired) electrons. The number of alkyl carbamates (subject to hydrolysis) is 1. The van der Waals surface area contributed by atoms with Crippen molar-refractivity contribution >= 4 is 35.6 Å². The van der Waals surface area contributed by atoms with Gasteiger partial charge in [0.05, 0.1) is 12.1 Å². The van der Waals surface area contributed by atoms with Gasteiger partial charge in [-0.15, -0.1) is 18.9 Å². The van der Waals surface area contributed by atoms with Crippen LogP contribution in [-0.4, -0.2) is 90.9 Å². The second-order valence-corrected chi connectivity index (χ2v) is 15.1. The number of hydrogen-bond acceptors (Lipinski definition) is 7. The van der Waals surface area contributed by atoms with E-state index in [2.05, 4.69) is 39.1 Å². The SMILES string of the molecule is C#CCCC(NC(=O)[C@@H]1[C@@H]2[C@H](CN1C(=O)[C@@H](NC(=O)N[C@H](COC(=O)NCC)C(C)(C)C)C1CCCCC1)C2(C)C)C(=O)C(=O)NCC=C. The maximum atomic E-state index is 14.5. The first-order valence-electron chi connectivity index (χ1n) is 17.5. The lowest BCUT2D eigenvalue weighted by molar-refractivity contribution is -0.144. The summed E-state index contributed by atoms with van der Waals surface area (Å²) in [5.41, 5.74) is -0.692. The lowest BCUT2D eigenvalue weighted by Gasteiger charge is -2.38. The number of rotatable bonds is 15. The minimum absolute atomic E-state index is 0.0560. The Labute approximate surface area is 290 Å². The number of ketones is 1. The Kier molecular flexibility index (Phi) is 13.7. The smallest absolute Gasteiger partial charge is 0.407 e. The van der Waals surface area contributed by atoms with Gasteiger partial charge in [0.25, 0.3) is 5.91 Å². The van der Waals surface area contributed by atoms with Gasteiger partial charge in [-0.1, -0.05) is 60.0 Å². The van der Waals surface area contributed by atoms with Crippen LogP contribution >= 0.6 is 0 Å². The summed E-state index contributed by atoms with van der Waals surface area (Å²) >= 11 is 0. The van der Waals surface area contributed by atoms with E-state index in [1.807, 2.05) is 34.6 Å². The molecule has 2 saturated carbocycles. The highest BCUT2D eigenvalue weighted by Crippen LogP contribution is 2.65. The number of likely N-dealkylation sites (tertiary alicyclic amines) is 1. The number of ether oxygens (including phenoxy) is 1. The molecular formula is C36H56N6O7. The van der Waals surface area contributed by atoms with E-state index in [9.17, 15) is 28.8 Å². The molecule has 49 heavy (non-hydrogen) atoms. The van der Waals surface area contributed by atoms with Crippen molar-refractivity contribution in [3.05, 3.63) is 12.7 Å². The first kappa shape index (κ1) is 39.4. The number of nitrogens with one attached hydrogen (secondary N) is 5. The molecule has 1 saturated heterocycles. The molecule has 6 atom stereocenters. The summed E-state index contributed by atoms with van der Waals surface area (Å²) in [5.74, 6) is -0.351. The van der Waals surface area contributed by atoms with Gasteiger partial charge in [0.2, 0.25) is 17.6 Å². The number of fused-ring (bicyclic) bond motifs is 1. The maximum absolute atomic E-state index is 14.5. The Morgan fingerprint density at radius 2 is 1.71 bits per heavy atom. The molecule has 3 fully saturated rings. The van der Waals surface area contributed by atoms with E-state index in [1.54, 1.807) is 11.8 Å². The number of carbonyl (C=O) groups excluding carboxylic acids is 6. The van der Waals surface area contributed by atoms with Crippen molar-refractivity contribution in [1.29, 1.82) is 0 Å². The number of amides is 6. The van der Waals surface area contributed by atoms with Gasteiger partial charge in [-0.25, -0.2) is 9.59 Å². The van der Waals surface area contributed by atoms with E-state index in [0.717, 1.165) is 32.1 Å². The normalized spacial score (nSPS) is 23.0. The third kappa shape index (κ3) is 9.98. The quantitative estimate of drug-likeness (QED) is 0.100. The molecular weight excluding hydrogens is 628 g/mol. The second-order valence-electron chi connectivity index (χ2n) is 15.1. The number of piperidine rings is 1. The fraction of sp³-hybridized carbons (Fsp3) is 0.722. The highest BCUT2D eigenvalue weighted by molar-refractivity contribution is 6.38.